The van der Waals surface area contributed by atoms with Crippen LogP contribution in [0.4, 0.5) is 0 Å². The predicted molar refractivity (Wildman–Crippen MR) is 103 cm³/mol. The molecule has 2 amide bonds. The van der Waals surface area contributed by atoms with Crippen LogP contribution in [0.3, 0.4) is 0 Å². The summed E-state index contributed by atoms with van der Waals surface area (Å²) in [4.78, 5) is 35.2. The van der Waals surface area contributed by atoms with Gasteiger partial charge in [-0.1, -0.05) is 60.7 Å². The number of hydrogen-bond donors (Lipinski definition) is 3. The molecule has 0 unspecified atom stereocenters. The lowest BCUT2D eigenvalue weighted by atomic mass is 10.2. The van der Waals surface area contributed by atoms with Crippen molar-refractivity contribution in [3.8, 4) is 0 Å². The molecule has 0 spiro atoms. The zero-order chi connectivity index (χ0) is 19.5. The van der Waals surface area contributed by atoms with Gasteiger partial charge in [0.25, 0.3) is 11.8 Å². The average molecular weight is 364 g/mol. The number of nitrogens with one attached hydrogen (secondary N) is 2. The summed E-state index contributed by atoms with van der Waals surface area (Å²) in [5, 5.41) is 13.7. The topological polar surface area (TPSA) is 95.5 Å². The Morgan fingerprint density at radius 2 is 1.56 bits per heavy atom. The Balaban J connectivity index is 2.12. The van der Waals surface area contributed by atoms with Gasteiger partial charge in [-0.15, -0.1) is 0 Å². The smallest absolute Gasteiger partial charge is 0.305 e. The van der Waals surface area contributed by atoms with Crippen molar-refractivity contribution in [3.05, 3.63) is 89.6 Å². The zero-order valence-corrected chi connectivity index (χ0v) is 14.6. The molecule has 0 radical (unpaired) electrons. The molecule has 2 aromatic carbocycles. The number of allylic oxidation sites excluding steroid dienone is 2. The molecule has 6 nitrogen and oxygen atoms in total. The van der Waals surface area contributed by atoms with Gasteiger partial charge >= 0.3 is 5.97 Å². The van der Waals surface area contributed by atoms with E-state index in [9.17, 15) is 14.4 Å². The van der Waals surface area contributed by atoms with Gasteiger partial charge in [-0.05, 0) is 23.8 Å². The van der Waals surface area contributed by atoms with Crippen molar-refractivity contribution in [2.24, 2.45) is 0 Å². The van der Waals surface area contributed by atoms with Gasteiger partial charge in [-0.25, -0.2) is 0 Å². The molecule has 0 heterocycles. The first-order chi connectivity index (χ1) is 13.1. The summed E-state index contributed by atoms with van der Waals surface area (Å²) >= 11 is 0. The van der Waals surface area contributed by atoms with Gasteiger partial charge in [0.05, 0.1) is 6.42 Å². The standard InChI is InChI=1S/C21H20N2O4/c24-19(25)14-15-22-21(27)18(13-7-10-16-8-3-1-4-9-16)23-20(26)17-11-5-2-6-12-17/h1-13H,14-15H2,(H,22,27)(H,23,26)(H,24,25)/b10-7+,18-13-. The van der Waals surface area contributed by atoms with Crippen molar-refractivity contribution in [3.63, 3.8) is 0 Å². The van der Waals surface area contributed by atoms with E-state index in [2.05, 4.69) is 10.6 Å². The van der Waals surface area contributed by atoms with Crippen LogP contribution < -0.4 is 10.6 Å². The van der Waals surface area contributed by atoms with Crippen molar-refractivity contribution < 1.29 is 19.5 Å². The van der Waals surface area contributed by atoms with Crippen molar-refractivity contribution in [2.75, 3.05) is 6.54 Å². The number of carbonyl (C=O) groups is 3. The Bertz CT molecular complexity index is 843. The Kier molecular flexibility index (Phi) is 7.53. The minimum Gasteiger partial charge on any atom is -0.481 e. The SMILES string of the molecule is O=C(O)CCNC(=O)/C(=C/C=C/c1ccccc1)NC(=O)c1ccccc1. The van der Waals surface area contributed by atoms with E-state index in [0.29, 0.717) is 5.56 Å². The number of carboxylic acids is 1. The number of hydrogen-bond acceptors (Lipinski definition) is 3. The summed E-state index contributed by atoms with van der Waals surface area (Å²) in [6.07, 6.45) is 4.71. The van der Waals surface area contributed by atoms with Gasteiger partial charge < -0.3 is 15.7 Å². The van der Waals surface area contributed by atoms with Crippen molar-refractivity contribution in [1.29, 1.82) is 0 Å². The van der Waals surface area contributed by atoms with E-state index < -0.39 is 17.8 Å². The summed E-state index contributed by atoms with van der Waals surface area (Å²) in [5.41, 5.74) is 1.38. The van der Waals surface area contributed by atoms with E-state index >= 15 is 0 Å². The van der Waals surface area contributed by atoms with Crippen LogP contribution in [0, 0.1) is 0 Å². The molecular weight excluding hydrogens is 344 g/mol. The Morgan fingerprint density at radius 1 is 0.926 bits per heavy atom. The van der Waals surface area contributed by atoms with Crippen molar-refractivity contribution in [2.45, 2.75) is 6.42 Å². The van der Waals surface area contributed by atoms with Crippen molar-refractivity contribution >= 4 is 23.9 Å². The largest absolute Gasteiger partial charge is 0.481 e. The highest BCUT2D eigenvalue weighted by Crippen LogP contribution is 2.04. The van der Waals surface area contributed by atoms with E-state index in [4.69, 9.17) is 5.11 Å². The summed E-state index contributed by atoms with van der Waals surface area (Å²) in [5.74, 6) is -2.00. The monoisotopic (exact) mass is 364 g/mol. The lowest BCUT2D eigenvalue weighted by Gasteiger charge is -2.10. The molecular formula is C21H20N2O4. The van der Waals surface area contributed by atoms with Crippen LogP contribution in [0.5, 0.6) is 0 Å². The highest BCUT2D eigenvalue weighted by Gasteiger charge is 2.13. The maximum Gasteiger partial charge on any atom is 0.305 e. The molecule has 27 heavy (non-hydrogen) atoms. The normalized spacial score (nSPS) is 11.2. The minimum atomic E-state index is -1.02. The number of aliphatic carboxylic acids is 1. The van der Waals surface area contributed by atoms with Crippen LogP contribution in [-0.4, -0.2) is 29.4 Å². The Hall–Kier alpha value is -3.67. The molecule has 2 aromatic rings. The highest BCUT2D eigenvalue weighted by atomic mass is 16.4. The molecule has 0 aliphatic rings. The minimum absolute atomic E-state index is 0.0291. The molecule has 0 saturated heterocycles. The Morgan fingerprint density at radius 3 is 2.19 bits per heavy atom. The third-order valence-electron chi connectivity index (χ3n) is 3.50. The maximum absolute atomic E-state index is 12.3. The molecule has 0 aromatic heterocycles. The lowest BCUT2D eigenvalue weighted by Crippen LogP contribution is -2.35. The summed E-state index contributed by atoms with van der Waals surface area (Å²) in [7, 11) is 0. The van der Waals surface area contributed by atoms with Gasteiger partial charge in [-0.3, -0.25) is 14.4 Å². The average Bonchev–Trinajstić information content (AvgIpc) is 2.68. The van der Waals surface area contributed by atoms with Crippen LogP contribution in [0.15, 0.2) is 78.5 Å². The molecule has 138 valence electrons. The fraction of sp³-hybridized carbons (Fsp3) is 0.0952. The third-order valence-corrected chi connectivity index (χ3v) is 3.50. The number of carboxylic acid groups (broad SMARTS) is 1. The second-order valence-electron chi connectivity index (χ2n) is 5.57. The fourth-order valence-electron chi connectivity index (χ4n) is 2.16. The van der Waals surface area contributed by atoms with E-state index in [0.717, 1.165) is 5.56 Å². The van der Waals surface area contributed by atoms with Crippen LogP contribution in [0.1, 0.15) is 22.3 Å². The second kappa shape index (κ2) is 10.4. The second-order valence-corrected chi connectivity index (χ2v) is 5.57. The van der Waals surface area contributed by atoms with E-state index in [-0.39, 0.29) is 18.7 Å². The first-order valence-electron chi connectivity index (χ1n) is 8.36. The lowest BCUT2D eigenvalue weighted by molar-refractivity contribution is -0.136. The molecule has 0 saturated carbocycles. The summed E-state index contributed by atoms with van der Waals surface area (Å²) < 4.78 is 0. The third kappa shape index (κ3) is 6.99. The van der Waals surface area contributed by atoms with Gasteiger partial charge in [0.1, 0.15) is 5.70 Å². The quantitative estimate of drug-likeness (QED) is 0.496. The number of amides is 2. The zero-order valence-electron chi connectivity index (χ0n) is 14.6. The van der Waals surface area contributed by atoms with Crippen molar-refractivity contribution in [1.82, 2.24) is 10.6 Å². The Labute approximate surface area is 157 Å². The molecule has 0 bridgehead atoms. The van der Waals surface area contributed by atoms with Gasteiger partial charge in [0, 0.05) is 12.1 Å². The van der Waals surface area contributed by atoms with Crippen LogP contribution in [-0.2, 0) is 9.59 Å². The van der Waals surface area contributed by atoms with Gasteiger partial charge in [0.2, 0.25) is 0 Å². The molecule has 0 aliphatic carbocycles. The molecule has 0 atom stereocenters. The van der Waals surface area contributed by atoms with Gasteiger partial charge in [0.15, 0.2) is 0 Å². The predicted octanol–water partition coefficient (Wildman–Crippen LogP) is 2.60. The first-order valence-corrected chi connectivity index (χ1v) is 8.36. The fourth-order valence-corrected chi connectivity index (χ4v) is 2.16. The maximum atomic E-state index is 12.3. The number of benzene rings is 2. The molecule has 3 N–H and O–H groups in total. The molecule has 0 fully saturated rings. The van der Waals surface area contributed by atoms with Crippen LogP contribution >= 0.6 is 0 Å². The van der Waals surface area contributed by atoms with E-state index in [1.54, 1.807) is 42.5 Å². The highest BCUT2D eigenvalue weighted by molar-refractivity contribution is 6.03. The molecule has 2 rings (SSSR count). The summed E-state index contributed by atoms with van der Waals surface area (Å²) in [6, 6.07) is 18.0. The first kappa shape index (κ1) is 19.7. The van der Waals surface area contributed by atoms with Gasteiger partial charge in [-0.2, -0.15) is 0 Å². The number of rotatable bonds is 8. The van der Waals surface area contributed by atoms with Crippen LogP contribution in [0.25, 0.3) is 6.08 Å². The molecule has 6 heteroatoms. The van der Waals surface area contributed by atoms with E-state index in [1.165, 1.54) is 6.08 Å². The summed E-state index contributed by atoms with van der Waals surface area (Å²) in [6.45, 7) is -0.0326. The molecule has 0 aliphatic heterocycles. The van der Waals surface area contributed by atoms with Crippen LogP contribution in [0.2, 0.25) is 0 Å². The van der Waals surface area contributed by atoms with E-state index in [1.807, 2.05) is 30.3 Å². The number of carbonyl (C=O) groups excluding carboxylic acids is 2.